The molecule has 1 amide bonds. The number of nitrogens with one attached hydrogen (secondary N) is 1. The second kappa shape index (κ2) is 9.81. The van der Waals surface area contributed by atoms with Crippen molar-refractivity contribution in [2.75, 3.05) is 39.8 Å². The summed E-state index contributed by atoms with van der Waals surface area (Å²) in [5, 5.41) is 13.8. The highest BCUT2D eigenvalue weighted by Gasteiger charge is 2.30. The molecule has 1 aromatic carbocycles. The molecule has 1 N–H and O–H groups in total. The second-order valence-electron chi connectivity index (χ2n) is 5.75. The average Bonchev–Trinajstić information content (AvgIpc) is 2.62. The molecule has 26 heavy (non-hydrogen) atoms. The predicted octanol–water partition coefficient (Wildman–Crippen LogP) is 0.849. The molecule has 0 spiro atoms. The largest absolute Gasteiger partial charge is 0.340 e. The molecule has 1 aliphatic rings. The molecule has 1 aromatic rings. The zero-order valence-electron chi connectivity index (χ0n) is 14.5. The molecule has 11 heteroatoms. The molecule has 0 atom stereocenters. The van der Waals surface area contributed by atoms with Crippen LogP contribution in [0.15, 0.2) is 29.2 Å². The first-order valence-electron chi connectivity index (χ1n) is 8.03. The number of hydrogen-bond acceptors (Lipinski definition) is 6. The third-order valence-corrected chi connectivity index (χ3v) is 5.97. The van der Waals surface area contributed by atoms with Crippen LogP contribution in [-0.2, 0) is 14.8 Å². The number of benzene rings is 1. The summed E-state index contributed by atoms with van der Waals surface area (Å²) >= 11 is 0. The first-order valence-corrected chi connectivity index (χ1v) is 9.47. The number of piperazine rings is 1. The first-order chi connectivity index (χ1) is 11.9. The summed E-state index contributed by atoms with van der Waals surface area (Å²) in [5.74, 6) is 0.0163. The molecule has 0 unspecified atom stereocenters. The Kier molecular flexibility index (Phi) is 8.41. The zero-order valence-corrected chi connectivity index (χ0v) is 16.1. The molecule has 1 aliphatic heterocycles. The minimum Gasteiger partial charge on any atom is -0.340 e. The zero-order chi connectivity index (χ0) is 18.4. The Hall–Kier alpha value is -1.75. The van der Waals surface area contributed by atoms with Gasteiger partial charge in [-0.25, -0.2) is 8.42 Å². The van der Waals surface area contributed by atoms with Crippen molar-refractivity contribution >= 4 is 34.0 Å². The highest BCUT2D eigenvalue weighted by atomic mass is 35.5. The lowest BCUT2D eigenvalue weighted by atomic mass is 10.2. The van der Waals surface area contributed by atoms with Crippen molar-refractivity contribution in [1.29, 1.82) is 0 Å². The van der Waals surface area contributed by atoms with E-state index in [9.17, 15) is 23.3 Å². The van der Waals surface area contributed by atoms with Crippen molar-refractivity contribution in [1.82, 2.24) is 14.5 Å². The summed E-state index contributed by atoms with van der Waals surface area (Å²) in [6, 6.07) is 5.01. The molecule has 0 saturated carbocycles. The second-order valence-corrected chi connectivity index (χ2v) is 7.68. The number of rotatable bonds is 7. The third kappa shape index (κ3) is 5.37. The first kappa shape index (κ1) is 22.3. The van der Waals surface area contributed by atoms with E-state index in [-0.39, 0.29) is 42.0 Å². The molecule has 1 fully saturated rings. The lowest BCUT2D eigenvalue weighted by Crippen LogP contribution is -2.50. The minimum atomic E-state index is -3.81. The summed E-state index contributed by atoms with van der Waals surface area (Å²) < 4.78 is 26.5. The fraction of sp³-hybridized carbons (Fsp3) is 0.533. The van der Waals surface area contributed by atoms with Crippen LogP contribution < -0.4 is 5.32 Å². The van der Waals surface area contributed by atoms with Crippen LogP contribution in [0.4, 0.5) is 5.69 Å². The molecule has 1 saturated heterocycles. The quantitative estimate of drug-likeness (QED) is 0.408. The number of amides is 1. The third-order valence-electron chi connectivity index (χ3n) is 4.07. The van der Waals surface area contributed by atoms with E-state index in [2.05, 4.69) is 5.32 Å². The highest BCUT2D eigenvalue weighted by Crippen LogP contribution is 2.22. The molecule has 9 nitrogen and oxygen atoms in total. The molecular formula is C15H23ClN4O5S. The fourth-order valence-electron chi connectivity index (χ4n) is 2.66. The Morgan fingerprint density at radius 2 is 1.92 bits per heavy atom. The Balaban J connectivity index is 0.00000338. The van der Waals surface area contributed by atoms with Crippen LogP contribution in [-0.4, -0.2) is 68.2 Å². The van der Waals surface area contributed by atoms with Gasteiger partial charge in [-0.15, -0.1) is 12.4 Å². The van der Waals surface area contributed by atoms with E-state index in [0.717, 1.165) is 19.0 Å². The number of carbonyl (C=O) groups excluding carboxylic acids is 1. The van der Waals surface area contributed by atoms with Crippen molar-refractivity contribution in [2.24, 2.45) is 0 Å². The van der Waals surface area contributed by atoms with Crippen LogP contribution in [0, 0.1) is 10.1 Å². The number of halogens is 1. The van der Waals surface area contributed by atoms with Gasteiger partial charge in [-0.3, -0.25) is 14.9 Å². The topological polar surface area (TPSA) is 113 Å². The van der Waals surface area contributed by atoms with E-state index in [1.807, 2.05) is 7.05 Å². The summed E-state index contributed by atoms with van der Waals surface area (Å²) in [4.78, 5) is 23.8. The fourth-order valence-corrected chi connectivity index (χ4v) is 4.12. The number of sulfonamides is 1. The van der Waals surface area contributed by atoms with E-state index in [1.165, 1.54) is 22.5 Å². The van der Waals surface area contributed by atoms with Crippen LogP contribution in [0.3, 0.4) is 0 Å². The normalized spacial score (nSPS) is 15.3. The minimum absolute atomic E-state index is 0. The lowest BCUT2D eigenvalue weighted by molar-refractivity contribution is -0.385. The number of nitrogens with zero attached hydrogens (tertiary/aromatic N) is 3. The van der Waals surface area contributed by atoms with Crippen molar-refractivity contribution in [3.05, 3.63) is 34.4 Å². The van der Waals surface area contributed by atoms with E-state index in [1.54, 1.807) is 4.90 Å². The van der Waals surface area contributed by atoms with Gasteiger partial charge in [0.05, 0.1) is 9.82 Å². The smallest absolute Gasteiger partial charge is 0.270 e. The van der Waals surface area contributed by atoms with Crippen LogP contribution in [0.1, 0.15) is 12.8 Å². The van der Waals surface area contributed by atoms with Crippen molar-refractivity contribution < 1.29 is 18.1 Å². The molecule has 146 valence electrons. The average molecular weight is 407 g/mol. The number of non-ortho nitro benzene ring substituents is 1. The summed E-state index contributed by atoms with van der Waals surface area (Å²) in [7, 11) is -1.99. The van der Waals surface area contributed by atoms with Gasteiger partial charge in [0.25, 0.3) is 5.69 Å². The van der Waals surface area contributed by atoms with E-state index in [4.69, 9.17) is 0 Å². The van der Waals surface area contributed by atoms with Crippen molar-refractivity contribution in [2.45, 2.75) is 17.7 Å². The SMILES string of the molecule is CNCCCC(=O)N1CCN(S(=O)(=O)c2cccc([N+](=O)[O-])c2)CC1.Cl. The van der Waals surface area contributed by atoms with Gasteiger partial charge >= 0.3 is 0 Å². The maximum Gasteiger partial charge on any atom is 0.270 e. The molecule has 1 heterocycles. The van der Waals surface area contributed by atoms with Crippen LogP contribution in [0.5, 0.6) is 0 Å². The summed E-state index contributed by atoms with van der Waals surface area (Å²) in [6.07, 6.45) is 1.17. The van der Waals surface area contributed by atoms with E-state index in [0.29, 0.717) is 19.5 Å². The van der Waals surface area contributed by atoms with Gasteiger partial charge in [0.2, 0.25) is 15.9 Å². The number of nitro groups is 1. The van der Waals surface area contributed by atoms with Gasteiger partial charge in [-0.05, 0) is 26.1 Å². The Morgan fingerprint density at radius 3 is 2.50 bits per heavy atom. The molecule has 0 radical (unpaired) electrons. The maximum absolute atomic E-state index is 12.6. The van der Waals surface area contributed by atoms with Crippen LogP contribution in [0.25, 0.3) is 0 Å². The van der Waals surface area contributed by atoms with Gasteiger partial charge in [0.1, 0.15) is 0 Å². The van der Waals surface area contributed by atoms with Gasteiger partial charge in [-0.1, -0.05) is 6.07 Å². The monoisotopic (exact) mass is 406 g/mol. The van der Waals surface area contributed by atoms with Crippen LogP contribution >= 0.6 is 12.4 Å². The summed E-state index contributed by atoms with van der Waals surface area (Å²) in [5.41, 5.74) is -0.264. The molecule has 0 bridgehead atoms. The number of carbonyl (C=O) groups is 1. The lowest BCUT2D eigenvalue weighted by Gasteiger charge is -2.34. The van der Waals surface area contributed by atoms with Crippen molar-refractivity contribution in [3.8, 4) is 0 Å². The maximum atomic E-state index is 12.6. The van der Waals surface area contributed by atoms with Gasteiger partial charge in [0.15, 0.2) is 0 Å². The van der Waals surface area contributed by atoms with E-state index >= 15 is 0 Å². The van der Waals surface area contributed by atoms with Crippen molar-refractivity contribution in [3.63, 3.8) is 0 Å². The highest BCUT2D eigenvalue weighted by molar-refractivity contribution is 7.89. The molecule has 0 aromatic heterocycles. The molecule has 0 aliphatic carbocycles. The van der Waals surface area contributed by atoms with Gasteiger partial charge in [0, 0.05) is 44.7 Å². The van der Waals surface area contributed by atoms with E-state index < -0.39 is 14.9 Å². The Morgan fingerprint density at radius 1 is 1.27 bits per heavy atom. The number of nitro benzene ring substituents is 1. The summed E-state index contributed by atoms with van der Waals surface area (Å²) in [6.45, 7) is 1.78. The Bertz CT molecular complexity index is 735. The number of hydrogen-bond donors (Lipinski definition) is 1. The molecule has 2 rings (SSSR count). The van der Waals surface area contributed by atoms with Crippen LogP contribution in [0.2, 0.25) is 0 Å². The standard InChI is InChI=1S/C15H22N4O5S.ClH/c1-16-7-3-6-15(20)17-8-10-18(11-9-17)25(23,24)14-5-2-4-13(12-14)19(21)22;/h2,4-5,12,16H,3,6-11H2,1H3;1H. The van der Waals surface area contributed by atoms with Gasteiger partial charge in [-0.2, -0.15) is 4.31 Å². The molecular weight excluding hydrogens is 384 g/mol. The van der Waals surface area contributed by atoms with Gasteiger partial charge < -0.3 is 10.2 Å². The predicted molar refractivity (Wildman–Crippen MR) is 98.8 cm³/mol. The Labute approximate surface area is 159 Å².